The molecule has 2 heterocycles. The van der Waals surface area contributed by atoms with Gasteiger partial charge in [0.05, 0.1) is 40.3 Å². The summed E-state index contributed by atoms with van der Waals surface area (Å²) in [4.78, 5) is 17.1. The summed E-state index contributed by atoms with van der Waals surface area (Å²) < 4.78 is 80.6. The van der Waals surface area contributed by atoms with Crippen LogP contribution in [0, 0.1) is 0 Å². The molecule has 5 nitrogen and oxygen atoms in total. The van der Waals surface area contributed by atoms with E-state index in [1.165, 1.54) is 22.6 Å². The molecule has 1 aliphatic heterocycles. The lowest BCUT2D eigenvalue weighted by Gasteiger charge is -2.16. The van der Waals surface area contributed by atoms with Crippen LogP contribution in [0.2, 0.25) is 0 Å². The number of nitrogens with one attached hydrogen (secondary N) is 1. The average molecular weight is 510 g/mol. The van der Waals surface area contributed by atoms with Crippen LogP contribution in [0.1, 0.15) is 35.1 Å². The van der Waals surface area contributed by atoms with Crippen molar-refractivity contribution in [1.29, 1.82) is 0 Å². The van der Waals surface area contributed by atoms with Gasteiger partial charge in [0, 0.05) is 5.39 Å². The predicted octanol–water partition coefficient (Wildman–Crippen LogP) is 5.84. The van der Waals surface area contributed by atoms with E-state index in [1.807, 2.05) is 0 Å². The van der Waals surface area contributed by atoms with Crippen LogP contribution in [0.15, 0.2) is 52.5 Å². The van der Waals surface area contributed by atoms with Gasteiger partial charge in [-0.2, -0.15) is 31.4 Å². The van der Waals surface area contributed by atoms with E-state index in [9.17, 15) is 31.1 Å². The average Bonchev–Trinajstić information content (AvgIpc) is 3.40. The molecule has 0 atom stereocenters. The Hall–Kier alpha value is -3.28. The Balaban J connectivity index is 1.42. The number of halogens is 6. The Morgan fingerprint density at radius 1 is 1.09 bits per heavy atom. The molecule has 1 aliphatic carbocycles. The van der Waals surface area contributed by atoms with Gasteiger partial charge in [0.2, 0.25) is 0 Å². The lowest BCUT2D eigenvalue weighted by atomic mass is 10.0. The first-order valence-electron chi connectivity index (χ1n) is 10.5. The molecule has 0 bridgehead atoms. The molecule has 1 saturated carbocycles. The monoisotopic (exact) mass is 510 g/mol. The summed E-state index contributed by atoms with van der Waals surface area (Å²) in [5.74, 6) is -0.257. The maximum absolute atomic E-state index is 13.5. The van der Waals surface area contributed by atoms with Crippen molar-refractivity contribution >= 4 is 39.8 Å². The molecular formula is C23H16F6N4OS. The molecule has 35 heavy (non-hydrogen) atoms. The van der Waals surface area contributed by atoms with Crippen LogP contribution < -0.4 is 5.32 Å². The number of carbonyl (C=O) groups is 1. The highest BCUT2D eigenvalue weighted by Gasteiger charge is 2.38. The van der Waals surface area contributed by atoms with Crippen molar-refractivity contribution < 1.29 is 31.1 Å². The smallest absolute Gasteiger partial charge is 0.301 e. The number of benzene rings is 2. The van der Waals surface area contributed by atoms with E-state index < -0.39 is 23.5 Å². The Bertz CT molecular complexity index is 1380. The number of thioether (sulfide) groups is 1. The zero-order chi connectivity index (χ0) is 25.0. The van der Waals surface area contributed by atoms with Gasteiger partial charge in [-0.3, -0.25) is 14.5 Å². The lowest BCUT2D eigenvalue weighted by Crippen LogP contribution is -2.20. The van der Waals surface area contributed by atoms with E-state index in [4.69, 9.17) is 0 Å². The molecule has 1 aromatic heterocycles. The first kappa shape index (κ1) is 23.5. The molecule has 0 unspecified atom stereocenters. The molecule has 2 aromatic carbocycles. The van der Waals surface area contributed by atoms with Crippen molar-refractivity contribution in [3.63, 3.8) is 0 Å². The van der Waals surface area contributed by atoms with Gasteiger partial charge in [-0.05, 0) is 66.1 Å². The van der Waals surface area contributed by atoms with Crippen molar-refractivity contribution in [1.82, 2.24) is 15.1 Å². The minimum Gasteiger partial charge on any atom is -0.301 e. The first-order valence-corrected chi connectivity index (χ1v) is 11.3. The Kier molecular flexibility index (Phi) is 5.65. The first-order chi connectivity index (χ1) is 16.5. The summed E-state index contributed by atoms with van der Waals surface area (Å²) >= 11 is 1.24. The summed E-state index contributed by atoms with van der Waals surface area (Å²) in [7, 11) is 0. The Morgan fingerprint density at radius 2 is 1.86 bits per heavy atom. The highest BCUT2D eigenvalue weighted by Crippen LogP contribution is 2.38. The van der Waals surface area contributed by atoms with Crippen molar-refractivity contribution in [2.24, 2.45) is 4.99 Å². The minimum absolute atomic E-state index is 0.121. The van der Waals surface area contributed by atoms with Crippen LogP contribution in [-0.4, -0.2) is 26.9 Å². The van der Waals surface area contributed by atoms with E-state index in [1.54, 1.807) is 24.3 Å². The molecule has 1 saturated heterocycles. The van der Waals surface area contributed by atoms with E-state index in [0.717, 1.165) is 18.9 Å². The second-order valence-corrected chi connectivity index (χ2v) is 9.25. The molecule has 5 rings (SSSR count). The molecular weight excluding hydrogens is 494 g/mol. The highest BCUT2D eigenvalue weighted by atomic mass is 32.2. The van der Waals surface area contributed by atoms with Crippen molar-refractivity contribution in [3.05, 3.63) is 69.8 Å². The SMILES string of the molecule is O=C1NC(=NC2CC2)SC1=Cc1ccc2c(cnn2Cc2ccc(C(F)(F)F)cc2C(F)(F)F)c1. The van der Waals surface area contributed by atoms with E-state index in [2.05, 4.69) is 15.4 Å². The predicted molar refractivity (Wildman–Crippen MR) is 119 cm³/mol. The molecule has 1 N–H and O–H groups in total. The quantitative estimate of drug-likeness (QED) is 0.354. The molecule has 2 fully saturated rings. The highest BCUT2D eigenvalue weighted by molar-refractivity contribution is 8.18. The van der Waals surface area contributed by atoms with Gasteiger partial charge in [-0.1, -0.05) is 12.1 Å². The number of amidine groups is 1. The topological polar surface area (TPSA) is 59.3 Å². The number of hydrogen-bond acceptors (Lipinski definition) is 4. The maximum atomic E-state index is 13.5. The summed E-state index contributed by atoms with van der Waals surface area (Å²) in [5.41, 5.74) is -1.86. The number of alkyl halides is 6. The van der Waals surface area contributed by atoms with E-state index in [0.29, 0.717) is 32.6 Å². The molecule has 2 aliphatic rings. The minimum atomic E-state index is -4.96. The number of aromatic nitrogens is 2. The zero-order valence-corrected chi connectivity index (χ0v) is 18.6. The molecule has 182 valence electrons. The van der Waals surface area contributed by atoms with Crippen molar-refractivity contribution in [2.45, 2.75) is 37.8 Å². The lowest BCUT2D eigenvalue weighted by molar-refractivity contribution is -0.143. The van der Waals surface area contributed by atoms with Crippen LogP contribution in [0.3, 0.4) is 0 Å². The second kappa shape index (κ2) is 8.43. The van der Waals surface area contributed by atoms with Gasteiger partial charge in [0.1, 0.15) is 0 Å². The summed E-state index contributed by atoms with van der Waals surface area (Å²) in [5, 5.41) is 8.02. The van der Waals surface area contributed by atoms with Crippen LogP contribution in [0.25, 0.3) is 17.0 Å². The summed E-state index contributed by atoms with van der Waals surface area (Å²) in [6.45, 7) is -0.365. The number of amides is 1. The number of fused-ring (bicyclic) bond motifs is 1. The summed E-state index contributed by atoms with van der Waals surface area (Å²) in [6.07, 6.45) is -4.69. The van der Waals surface area contributed by atoms with Crippen molar-refractivity contribution in [2.75, 3.05) is 0 Å². The normalized spacial score (nSPS) is 19.2. The molecule has 0 spiro atoms. The summed E-state index contributed by atoms with van der Waals surface area (Å²) in [6, 6.07) is 6.91. The third-order valence-electron chi connectivity index (χ3n) is 5.52. The Labute approximate surface area is 198 Å². The van der Waals surface area contributed by atoms with Crippen LogP contribution in [-0.2, 0) is 23.7 Å². The molecule has 12 heteroatoms. The number of nitrogens with zero attached hydrogens (tertiary/aromatic N) is 3. The standard InChI is InChI=1S/C23H16F6N4OS/c24-22(25,26)15-3-2-13(17(9-15)23(27,28)29)11-33-18-6-1-12(7-14(18)10-30-33)8-19-20(34)32-21(35-19)31-16-4-5-16/h1-3,6-10,16H,4-5,11H2,(H,31,32,34). The van der Waals surface area contributed by atoms with Gasteiger partial charge in [0.15, 0.2) is 5.17 Å². The fourth-order valence-corrected chi connectivity index (χ4v) is 4.54. The van der Waals surface area contributed by atoms with Crippen LogP contribution in [0.5, 0.6) is 0 Å². The number of carbonyl (C=O) groups excluding carboxylic acids is 1. The van der Waals surface area contributed by atoms with Gasteiger partial charge >= 0.3 is 12.4 Å². The third kappa shape index (κ3) is 5.07. The van der Waals surface area contributed by atoms with Gasteiger partial charge in [0.25, 0.3) is 5.91 Å². The maximum Gasteiger partial charge on any atom is 0.416 e. The van der Waals surface area contributed by atoms with Gasteiger partial charge < -0.3 is 5.32 Å². The number of rotatable bonds is 4. The number of hydrogen-bond donors (Lipinski definition) is 1. The molecule has 0 radical (unpaired) electrons. The van der Waals surface area contributed by atoms with E-state index in [-0.39, 0.29) is 30.1 Å². The van der Waals surface area contributed by atoms with Gasteiger partial charge in [-0.15, -0.1) is 0 Å². The number of aliphatic imine (C=N–C) groups is 1. The van der Waals surface area contributed by atoms with Crippen LogP contribution in [0.4, 0.5) is 26.3 Å². The fraction of sp³-hybridized carbons (Fsp3) is 0.261. The second-order valence-electron chi connectivity index (χ2n) is 8.22. The van der Waals surface area contributed by atoms with Crippen molar-refractivity contribution in [3.8, 4) is 0 Å². The van der Waals surface area contributed by atoms with Crippen LogP contribution >= 0.6 is 11.8 Å². The van der Waals surface area contributed by atoms with E-state index >= 15 is 0 Å². The fourth-order valence-electron chi connectivity index (χ4n) is 3.65. The molecule has 1 amide bonds. The largest absolute Gasteiger partial charge is 0.416 e. The zero-order valence-electron chi connectivity index (χ0n) is 17.7. The molecule has 3 aromatic rings. The van der Waals surface area contributed by atoms with Gasteiger partial charge in [-0.25, -0.2) is 0 Å². The third-order valence-corrected chi connectivity index (χ3v) is 6.45. The Morgan fingerprint density at radius 3 is 2.54 bits per heavy atom.